The Bertz CT molecular complexity index is 675. The Labute approximate surface area is 160 Å². The topological polar surface area (TPSA) is 64.6 Å². The highest BCUT2D eigenvalue weighted by Gasteiger charge is 2.56. The quantitative estimate of drug-likeness (QED) is 0.747. The number of hydrogen-bond donors (Lipinski definition) is 1. The lowest BCUT2D eigenvalue weighted by molar-refractivity contribution is -0.129. The molecule has 2 saturated carbocycles. The second-order valence-corrected chi connectivity index (χ2v) is 8.15. The molecule has 1 saturated heterocycles. The maximum Gasteiger partial charge on any atom is 0.220 e. The van der Waals surface area contributed by atoms with Crippen LogP contribution in [-0.4, -0.2) is 37.6 Å². The molecule has 4 rings (SSSR count). The first-order valence-corrected chi connectivity index (χ1v) is 10.3. The molecule has 0 radical (unpaired) electrons. The molecule has 1 N–H and O–H groups in total. The molecule has 0 unspecified atom stereocenters. The molecule has 2 aliphatic carbocycles. The number of fused-ring (bicyclic) bond motifs is 1. The van der Waals surface area contributed by atoms with Crippen LogP contribution in [0.4, 0.5) is 0 Å². The summed E-state index contributed by atoms with van der Waals surface area (Å²) in [5, 5.41) is 3.25. The van der Waals surface area contributed by atoms with Gasteiger partial charge in [-0.15, -0.1) is 0 Å². The molecule has 1 aliphatic heterocycles. The summed E-state index contributed by atoms with van der Waals surface area (Å²) < 4.78 is 11.1. The smallest absolute Gasteiger partial charge is 0.220 e. The van der Waals surface area contributed by atoms with Gasteiger partial charge in [0.2, 0.25) is 5.91 Å². The minimum absolute atomic E-state index is 0.00386. The van der Waals surface area contributed by atoms with Gasteiger partial charge in [0, 0.05) is 42.9 Å². The van der Waals surface area contributed by atoms with E-state index in [1.165, 1.54) is 25.7 Å². The highest BCUT2D eigenvalue weighted by molar-refractivity contribution is 5.98. The van der Waals surface area contributed by atoms with E-state index in [1.807, 2.05) is 0 Å². The lowest BCUT2D eigenvalue weighted by Gasteiger charge is -2.50. The van der Waals surface area contributed by atoms with E-state index in [4.69, 9.17) is 9.47 Å². The molecule has 0 spiro atoms. The van der Waals surface area contributed by atoms with Crippen LogP contribution in [0.2, 0.25) is 0 Å². The number of amides is 1. The van der Waals surface area contributed by atoms with Crippen LogP contribution in [0.1, 0.15) is 55.3 Å². The van der Waals surface area contributed by atoms with E-state index in [-0.39, 0.29) is 30.6 Å². The van der Waals surface area contributed by atoms with Crippen LogP contribution in [0.25, 0.3) is 0 Å². The van der Waals surface area contributed by atoms with Gasteiger partial charge in [-0.3, -0.25) is 9.59 Å². The highest BCUT2D eigenvalue weighted by Crippen LogP contribution is 2.51. The van der Waals surface area contributed by atoms with Gasteiger partial charge >= 0.3 is 0 Å². The SMILES string of the molecule is COc1ccc(C(=O)CCC(=O)N[C@@H]2[C@H]3CCO[C@H]3[C@H]2C2CCCC2)cc1. The standard InChI is InChI=1S/C22H29NO4/c1-26-16-8-6-14(7-9-16)18(24)10-11-19(25)23-21-17-12-13-27-22(17)20(21)15-4-2-3-5-15/h6-9,15,17,20-22H,2-5,10-13H2,1H3,(H,23,25)/t17-,20+,21-,22-/m1/s1. The molecule has 146 valence electrons. The summed E-state index contributed by atoms with van der Waals surface area (Å²) in [7, 11) is 1.60. The first kappa shape index (κ1) is 18.5. The van der Waals surface area contributed by atoms with Crippen molar-refractivity contribution in [3.05, 3.63) is 29.8 Å². The van der Waals surface area contributed by atoms with E-state index in [0.717, 1.165) is 18.8 Å². The minimum atomic E-state index is -0.00444. The Morgan fingerprint density at radius 2 is 1.85 bits per heavy atom. The molecule has 1 amide bonds. The molecule has 3 aliphatic rings. The van der Waals surface area contributed by atoms with E-state index in [2.05, 4.69) is 5.32 Å². The number of benzene rings is 1. The van der Waals surface area contributed by atoms with E-state index in [9.17, 15) is 9.59 Å². The van der Waals surface area contributed by atoms with Crippen LogP contribution >= 0.6 is 0 Å². The van der Waals surface area contributed by atoms with Crippen LogP contribution in [0, 0.1) is 17.8 Å². The number of methoxy groups -OCH3 is 1. The van der Waals surface area contributed by atoms with Gasteiger partial charge in [0.25, 0.3) is 0 Å². The van der Waals surface area contributed by atoms with Crippen molar-refractivity contribution in [1.82, 2.24) is 5.32 Å². The van der Waals surface area contributed by atoms with Gasteiger partial charge < -0.3 is 14.8 Å². The minimum Gasteiger partial charge on any atom is -0.497 e. The Hall–Kier alpha value is -1.88. The zero-order valence-electron chi connectivity index (χ0n) is 16.0. The Morgan fingerprint density at radius 3 is 2.56 bits per heavy atom. The van der Waals surface area contributed by atoms with E-state index in [0.29, 0.717) is 29.4 Å². The van der Waals surface area contributed by atoms with Crippen molar-refractivity contribution < 1.29 is 19.1 Å². The fourth-order valence-electron chi connectivity index (χ4n) is 5.27. The number of rotatable bonds is 7. The Morgan fingerprint density at radius 1 is 1.11 bits per heavy atom. The van der Waals surface area contributed by atoms with Gasteiger partial charge in [0.05, 0.1) is 13.2 Å². The molecule has 27 heavy (non-hydrogen) atoms. The second-order valence-electron chi connectivity index (χ2n) is 8.15. The molecule has 5 nitrogen and oxygen atoms in total. The summed E-state index contributed by atoms with van der Waals surface area (Å²) in [6, 6.07) is 7.29. The molecule has 3 fully saturated rings. The fraction of sp³-hybridized carbons (Fsp3) is 0.636. The molecular formula is C22H29NO4. The van der Waals surface area contributed by atoms with Gasteiger partial charge in [-0.25, -0.2) is 0 Å². The molecule has 5 heteroatoms. The van der Waals surface area contributed by atoms with Gasteiger partial charge in [-0.2, -0.15) is 0 Å². The summed E-state index contributed by atoms with van der Waals surface area (Å²) in [5.41, 5.74) is 0.625. The van der Waals surface area contributed by atoms with Crippen molar-refractivity contribution >= 4 is 11.7 Å². The molecule has 1 aromatic carbocycles. The normalized spacial score (nSPS) is 29.8. The van der Waals surface area contributed by atoms with Gasteiger partial charge in [-0.1, -0.05) is 25.7 Å². The maximum atomic E-state index is 12.5. The van der Waals surface area contributed by atoms with E-state index in [1.54, 1.807) is 31.4 Å². The number of carbonyl (C=O) groups is 2. The van der Waals surface area contributed by atoms with Crippen molar-refractivity contribution in [3.63, 3.8) is 0 Å². The third-order valence-corrected chi connectivity index (χ3v) is 6.70. The van der Waals surface area contributed by atoms with Crippen LogP contribution in [-0.2, 0) is 9.53 Å². The summed E-state index contributed by atoms with van der Waals surface area (Å²) in [6.07, 6.45) is 7.01. The fourth-order valence-corrected chi connectivity index (χ4v) is 5.27. The lowest BCUT2D eigenvalue weighted by atomic mass is 9.61. The number of nitrogens with one attached hydrogen (secondary N) is 1. The van der Waals surface area contributed by atoms with E-state index >= 15 is 0 Å². The van der Waals surface area contributed by atoms with Crippen molar-refractivity contribution in [2.24, 2.45) is 17.8 Å². The summed E-state index contributed by atoms with van der Waals surface area (Å²) in [4.78, 5) is 24.8. The predicted octanol–water partition coefficient (Wildman–Crippen LogP) is 3.37. The monoisotopic (exact) mass is 371 g/mol. The number of hydrogen-bond acceptors (Lipinski definition) is 4. The van der Waals surface area contributed by atoms with Gasteiger partial charge in [0.1, 0.15) is 5.75 Å². The molecule has 1 heterocycles. The number of Topliss-reactive ketones (excluding diaryl/α,β-unsaturated/α-hetero) is 1. The molecular weight excluding hydrogens is 342 g/mol. The van der Waals surface area contributed by atoms with Crippen LogP contribution < -0.4 is 10.1 Å². The molecule has 0 bridgehead atoms. The van der Waals surface area contributed by atoms with Gasteiger partial charge in [-0.05, 0) is 36.6 Å². The van der Waals surface area contributed by atoms with Crippen molar-refractivity contribution in [1.29, 1.82) is 0 Å². The zero-order valence-corrected chi connectivity index (χ0v) is 16.0. The maximum absolute atomic E-state index is 12.5. The Balaban J connectivity index is 1.29. The van der Waals surface area contributed by atoms with Gasteiger partial charge in [0.15, 0.2) is 5.78 Å². The third-order valence-electron chi connectivity index (χ3n) is 6.70. The third kappa shape index (κ3) is 3.75. The average Bonchev–Trinajstić information content (AvgIpc) is 3.35. The second kappa shape index (κ2) is 8.01. The zero-order chi connectivity index (χ0) is 18.8. The first-order chi connectivity index (χ1) is 13.2. The average molecular weight is 371 g/mol. The summed E-state index contributed by atoms with van der Waals surface area (Å²) in [5.74, 6) is 2.35. The molecule has 4 atom stereocenters. The number of ketones is 1. The number of ether oxygens (including phenoxy) is 2. The lowest BCUT2D eigenvalue weighted by Crippen LogP contribution is -2.63. The highest BCUT2D eigenvalue weighted by atomic mass is 16.5. The number of carbonyl (C=O) groups excluding carboxylic acids is 2. The summed E-state index contributed by atoms with van der Waals surface area (Å²) >= 11 is 0. The van der Waals surface area contributed by atoms with Crippen LogP contribution in [0.3, 0.4) is 0 Å². The Kier molecular flexibility index (Phi) is 5.48. The van der Waals surface area contributed by atoms with E-state index < -0.39 is 0 Å². The van der Waals surface area contributed by atoms with Crippen LogP contribution in [0.5, 0.6) is 5.75 Å². The van der Waals surface area contributed by atoms with Crippen molar-refractivity contribution in [3.8, 4) is 5.75 Å². The van der Waals surface area contributed by atoms with Crippen molar-refractivity contribution in [2.75, 3.05) is 13.7 Å². The largest absolute Gasteiger partial charge is 0.497 e. The summed E-state index contributed by atoms with van der Waals surface area (Å²) in [6.45, 7) is 0.820. The van der Waals surface area contributed by atoms with Crippen molar-refractivity contribution in [2.45, 2.75) is 57.1 Å². The van der Waals surface area contributed by atoms with Crippen LogP contribution in [0.15, 0.2) is 24.3 Å². The first-order valence-electron chi connectivity index (χ1n) is 10.3. The molecule has 1 aromatic rings. The molecule has 0 aromatic heterocycles. The predicted molar refractivity (Wildman–Crippen MR) is 102 cm³/mol.